The average molecular weight is 437 g/mol. The predicted molar refractivity (Wildman–Crippen MR) is 131 cm³/mol. The van der Waals surface area contributed by atoms with Gasteiger partial charge in [0.1, 0.15) is 0 Å². The van der Waals surface area contributed by atoms with Crippen molar-refractivity contribution < 1.29 is 4.79 Å². The molecule has 1 amide bonds. The molecule has 1 aromatic carbocycles. The molecule has 4 N–H and O–H groups in total. The number of rotatable bonds is 4. The van der Waals surface area contributed by atoms with E-state index in [2.05, 4.69) is 37.5 Å². The molecule has 1 aliphatic heterocycles. The van der Waals surface area contributed by atoms with Crippen LogP contribution in [0.2, 0.25) is 0 Å². The largest absolute Gasteiger partial charge is 0.344 e. The first-order valence-corrected chi connectivity index (χ1v) is 10.3. The second-order valence-corrected chi connectivity index (χ2v) is 7.85. The zero-order chi connectivity index (χ0) is 23.9. The first-order chi connectivity index (χ1) is 15.1. The lowest BCUT2D eigenvalue weighted by Crippen LogP contribution is -2.26. The Bertz CT molecular complexity index is 1080. The van der Waals surface area contributed by atoms with Crippen LogP contribution in [0.5, 0.6) is 0 Å². The fraction of sp³-hybridized carbons (Fsp3) is 0.348. The predicted octanol–water partition coefficient (Wildman–Crippen LogP) is 3.47. The number of amidine groups is 1. The van der Waals surface area contributed by atoms with Gasteiger partial charge >= 0.3 is 0 Å². The minimum Gasteiger partial charge on any atom is -0.344 e. The molecule has 9 nitrogen and oxygen atoms in total. The van der Waals surface area contributed by atoms with E-state index in [0.717, 1.165) is 34.0 Å². The van der Waals surface area contributed by atoms with Crippen molar-refractivity contribution in [1.82, 2.24) is 15.0 Å². The fourth-order valence-electron chi connectivity index (χ4n) is 2.94. The third-order valence-electron chi connectivity index (χ3n) is 4.86. The quantitative estimate of drug-likeness (QED) is 0.500. The number of nitrogens with two attached hydrogens (primary N) is 1. The van der Waals surface area contributed by atoms with Crippen LogP contribution in [0.3, 0.4) is 0 Å². The highest BCUT2D eigenvalue weighted by Gasteiger charge is 2.38. The van der Waals surface area contributed by atoms with Crippen LogP contribution in [0.4, 0.5) is 11.4 Å². The lowest BCUT2D eigenvalue weighted by atomic mass is 9.86. The highest BCUT2D eigenvalue weighted by molar-refractivity contribution is 6.06. The van der Waals surface area contributed by atoms with Gasteiger partial charge in [-0.15, -0.1) is 5.10 Å². The van der Waals surface area contributed by atoms with Crippen molar-refractivity contribution in [2.45, 2.75) is 46.6 Å². The van der Waals surface area contributed by atoms with Gasteiger partial charge in [-0.1, -0.05) is 23.9 Å². The first-order valence-electron chi connectivity index (χ1n) is 10.3. The van der Waals surface area contributed by atoms with Gasteiger partial charge < -0.3 is 16.4 Å². The van der Waals surface area contributed by atoms with Crippen LogP contribution in [-0.4, -0.2) is 39.6 Å². The van der Waals surface area contributed by atoms with E-state index in [1.165, 1.54) is 0 Å². The summed E-state index contributed by atoms with van der Waals surface area (Å²) in [5.41, 5.74) is 9.41. The number of carbonyl (C=O) groups is 1. The number of anilines is 2. The first kappa shape index (κ1) is 24.7. The van der Waals surface area contributed by atoms with Gasteiger partial charge in [0.25, 0.3) is 0 Å². The SMILES string of the molecule is C=C(C)C(=N/C=C\C)n1cc(CN)nn1.CN=C(C)Nc1ccc2c(c1)NC(=O)C2(C)C. The molecule has 2 heterocycles. The molecule has 1 aliphatic rings. The summed E-state index contributed by atoms with van der Waals surface area (Å²) >= 11 is 0. The maximum absolute atomic E-state index is 11.8. The van der Waals surface area contributed by atoms with Crippen molar-refractivity contribution >= 4 is 29.0 Å². The second kappa shape index (κ2) is 10.6. The van der Waals surface area contributed by atoms with Crippen LogP contribution in [0.1, 0.15) is 45.9 Å². The van der Waals surface area contributed by atoms with Gasteiger partial charge in [-0.2, -0.15) is 0 Å². The number of fused-ring (bicyclic) bond motifs is 1. The van der Waals surface area contributed by atoms with Crippen LogP contribution < -0.4 is 16.4 Å². The maximum atomic E-state index is 11.8. The summed E-state index contributed by atoms with van der Waals surface area (Å²) in [4.78, 5) is 20.0. The van der Waals surface area contributed by atoms with Crippen molar-refractivity contribution in [3.05, 3.63) is 60.1 Å². The molecular weight excluding hydrogens is 404 g/mol. The Labute approximate surface area is 189 Å². The number of aromatic nitrogens is 3. The molecule has 0 saturated carbocycles. The Morgan fingerprint density at radius 3 is 2.66 bits per heavy atom. The molecular formula is C23H32N8O. The molecule has 0 unspecified atom stereocenters. The molecule has 0 aliphatic carbocycles. The smallest absolute Gasteiger partial charge is 0.234 e. The molecule has 0 radical (unpaired) electrons. The summed E-state index contributed by atoms with van der Waals surface area (Å²) in [5.74, 6) is 1.55. The Kier molecular flexibility index (Phi) is 8.20. The zero-order valence-electron chi connectivity index (χ0n) is 19.6. The Morgan fingerprint density at radius 1 is 1.38 bits per heavy atom. The summed E-state index contributed by atoms with van der Waals surface area (Å²) in [7, 11) is 1.74. The number of hydrogen-bond donors (Lipinski definition) is 3. The van der Waals surface area contributed by atoms with Crippen molar-refractivity contribution in [2.75, 3.05) is 17.7 Å². The Morgan fingerprint density at radius 2 is 2.09 bits per heavy atom. The molecule has 0 bridgehead atoms. The average Bonchev–Trinajstić information content (AvgIpc) is 3.31. The number of benzene rings is 1. The van der Waals surface area contributed by atoms with E-state index in [9.17, 15) is 4.79 Å². The van der Waals surface area contributed by atoms with E-state index < -0.39 is 5.41 Å². The van der Waals surface area contributed by atoms with Crippen LogP contribution >= 0.6 is 0 Å². The van der Waals surface area contributed by atoms with Gasteiger partial charge in [-0.05, 0) is 57.9 Å². The monoisotopic (exact) mass is 436 g/mol. The summed E-state index contributed by atoms with van der Waals surface area (Å²) in [6, 6.07) is 5.89. The van der Waals surface area contributed by atoms with E-state index in [-0.39, 0.29) is 5.91 Å². The number of amides is 1. The highest BCUT2D eigenvalue weighted by atomic mass is 16.2. The minimum absolute atomic E-state index is 0.0468. The molecule has 0 atom stereocenters. The van der Waals surface area contributed by atoms with Crippen molar-refractivity contribution in [2.24, 2.45) is 15.7 Å². The van der Waals surface area contributed by atoms with Crippen LogP contribution in [-0.2, 0) is 16.8 Å². The van der Waals surface area contributed by atoms with E-state index in [4.69, 9.17) is 5.73 Å². The molecule has 2 aromatic rings. The van der Waals surface area contributed by atoms with Crippen LogP contribution in [0.15, 0.2) is 58.8 Å². The van der Waals surface area contributed by atoms with E-state index in [1.807, 2.05) is 58.9 Å². The van der Waals surface area contributed by atoms with Gasteiger partial charge in [0, 0.05) is 31.2 Å². The topological polar surface area (TPSA) is 123 Å². The van der Waals surface area contributed by atoms with E-state index in [0.29, 0.717) is 12.4 Å². The molecule has 1 aromatic heterocycles. The van der Waals surface area contributed by atoms with Crippen LogP contribution in [0.25, 0.3) is 0 Å². The third-order valence-corrected chi connectivity index (χ3v) is 4.86. The van der Waals surface area contributed by atoms with Gasteiger partial charge in [0.15, 0.2) is 5.84 Å². The fourth-order valence-corrected chi connectivity index (χ4v) is 2.94. The zero-order valence-corrected chi connectivity index (χ0v) is 19.6. The lowest BCUT2D eigenvalue weighted by Gasteiger charge is -2.15. The number of nitrogens with one attached hydrogen (secondary N) is 2. The number of hydrogen-bond acceptors (Lipinski definition) is 6. The lowest BCUT2D eigenvalue weighted by molar-refractivity contribution is -0.119. The number of nitrogens with zero attached hydrogens (tertiary/aromatic N) is 5. The van der Waals surface area contributed by atoms with E-state index in [1.54, 1.807) is 24.1 Å². The maximum Gasteiger partial charge on any atom is 0.234 e. The summed E-state index contributed by atoms with van der Waals surface area (Å²) in [5, 5.41) is 13.9. The summed E-state index contributed by atoms with van der Waals surface area (Å²) in [6.07, 6.45) is 5.27. The minimum atomic E-state index is -0.443. The molecule has 32 heavy (non-hydrogen) atoms. The van der Waals surface area contributed by atoms with Gasteiger partial charge in [0.05, 0.1) is 23.1 Å². The van der Waals surface area contributed by atoms with Gasteiger partial charge in [0.2, 0.25) is 5.91 Å². The number of carbonyl (C=O) groups excluding carboxylic acids is 1. The normalized spacial score (nSPS) is 15.2. The Balaban J connectivity index is 0.000000229. The number of aliphatic imine (C=N–C) groups is 2. The Hall–Kier alpha value is -3.59. The van der Waals surface area contributed by atoms with Gasteiger partial charge in [-0.25, -0.2) is 9.67 Å². The van der Waals surface area contributed by atoms with Crippen molar-refractivity contribution in [3.63, 3.8) is 0 Å². The molecule has 170 valence electrons. The second-order valence-electron chi connectivity index (χ2n) is 7.85. The van der Waals surface area contributed by atoms with E-state index >= 15 is 0 Å². The molecule has 0 saturated heterocycles. The highest BCUT2D eigenvalue weighted by Crippen LogP contribution is 2.38. The molecule has 0 spiro atoms. The third kappa shape index (κ3) is 5.76. The van der Waals surface area contributed by atoms with Crippen molar-refractivity contribution in [1.29, 1.82) is 0 Å². The molecule has 0 fully saturated rings. The number of allylic oxidation sites excluding steroid dienone is 2. The summed E-state index contributed by atoms with van der Waals surface area (Å²) < 4.78 is 1.57. The van der Waals surface area contributed by atoms with Gasteiger partial charge in [-0.3, -0.25) is 9.79 Å². The molecule has 9 heteroatoms. The molecule has 3 rings (SSSR count). The van der Waals surface area contributed by atoms with Crippen molar-refractivity contribution in [3.8, 4) is 0 Å². The van der Waals surface area contributed by atoms with Crippen LogP contribution in [0, 0.1) is 0 Å². The standard InChI is InChI=1S/C13H17N3O.C10H15N5/c1-8(14-4)15-9-5-6-10-11(7-9)16-12(17)13(10,2)3;1-4-5-12-10(8(2)3)15-7-9(6-11)13-14-15/h5-7H,1-4H3,(H,14,15)(H,16,17);4-5,7H,2,6,11H2,1,3H3/b;5-4-,12-10?. The summed E-state index contributed by atoms with van der Waals surface area (Å²) in [6.45, 7) is 13.7.